The fourth-order valence-electron chi connectivity index (χ4n) is 3.20. The Morgan fingerprint density at radius 3 is 2.28 bits per heavy atom. The molecule has 0 aliphatic carbocycles. The van der Waals surface area contributed by atoms with Crippen molar-refractivity contribution < 1.29 is 18.3 Å². The maximum absolute atomic E-state index is 12.6. The summed E-state index contributed by atoms with van der Waals surface area (Å²) < 4.78 is 25.2. The Balaban J connectivity index is 1.77. The summed E-state index contributed by atoms with van der Waals surface area (Å²) in [5.74, 6) is -0.789. The minimum absolute atomic E-state index is 0.246. The molecule has 0 spiro atoms. The van der Waals surface area contributed by atoms with Crippen molar-refractivity contribution in [3.63, 3.8) is 0 Å². The second-order valence-corrected chi connectivity index (χ2v) is 8.23. The summed E-state index contributed by atoms with van der Waals surface area (Å²) in [6, 6.07) is 14.6. The van der Waals surface area contributed by atoms with E-state index in [1.54, 1.807) is 54.6 Å². The second kappa shape index (κ2) is 7.37. The van der Waals surface area contributed by atoms with E-state index in [2.05, 4.69) is 0 Å². The van der Waals surface area contributed by atoms with Gasteiger partial charge in [-0.1, -0.05) is 36.8 Å². The van der Waals surface area contributed by atoms with Crippen molar-refractivity contribution in [3.05, 3.63) is 60.2 Å². The molecule has 1 unspecified atom stereocenters. The largest absolute Gasteiger partial charge is 0.480 e. The molecule has 132 valence electrons. The van der Waals surface area contributed by atoms with Gasteiger partial charge in [-0.2, -0.15) is 0 Å². The topological polar surface area (TPSA) is 74.7 Å². The quantitative estimate of drug-likeness (QED) is 0.888. The monoisotopic (exact) mass is 359 g/mol. The number of likely N-dealkylation sites (tertiary alicyclic amines) is 1. The molecule has 6 heteroatoms. The maximum atomic E-state index is 12.6. The molecule has 1 aliphatic rings. The lowest BCUT2D eigenvalue weighted by atomic mass is 10.0. The molecule has 0 bridgehead atoms. The van der Waals surface area contributed by atoms with Crippen molar-refractivity contribution in [1.29, 1.82) is 0 Å². The Morgan fingerprint density at radius 1 is 1.00 bits per heavy atom. The fourth-order valence-corrected chi connectivity index (χ4v) is 4.49. The summed E-state index contributed by atoms with van der Waals surface area (Å²) in [7, 11) is -3.52. The number of piperidine rings is 1. The number of carbonyl (C=O) groups is 1. The normalized spacial score (nSPS) is 18.8. The summed E-state index contributed by atoms with van der Waals surface area (Å²) in [5.41, 5.74) is 0.917. The van der Waals surface area contributed by atoms with Crippen molar-refractivity contribution in [1.82, 2.24) is 4.90 Å². The number of carboxylic acid groups (broad SMARTS) is 1. The lowest BCUT2D eigenvalue weighted by Gasteiger charge is -2.32. The van der Waals surface area contributed by atoms with Crippen molar-refractivity contribution in [3.8, 4) is 0 Å². The summed E-state index contributed by atoms with van der Waals surface area (Å²) in [4.78, 5) is 13.8. The average molecular weight is 359 g/mol. The zero-order valence-electron chi connectivity index (χ0n) is 13.8. The van der Waals surface area contributed by atoms with E-state index in [4.69, 9.17) is 0 Å². The molecule has 1 fully saturated rings. The third kappa shape index (κ3) is 3.91. The van der Waals surface area contributed by atoms with Crippen LogP contribution in [-0.4, -0.2) is 37.0 Å². The zero-order valence-corrected chi connectivity index (χ0v) is 14.7. The van der Waals surface area contributed by atoms with Crippen LogP contribution in [0.1, 0.15) is 24.8 Å². The minimum atomic E-state index is -3.52. The van der Waals surface area contributed by atoms with Gasteiger partial charge in [-0.3, -0.25) is 9.69 Å². The minimum Gasteiger partial charge on any atom is -0.480 e. The van der Waals surface area contributed by atoms with Gasteiger partial charge >= 0.3 is 5.97 Å². The van der Waals surface area contributed by atoms with Crippen LogP contribution in [0, 0.1) is 0 Å². The predicted octanol–water partition coefficient (Wildman–Crippen LogP) is 2.96. The molecule has 0 saturated carbocycles. The second-order valence-electron chi connectivity index (χ2n) is 6.28. The van der Waals surface area contributed by atoms with Gasteiger partial charge in [-0.15, -0.1) is 0 Å². The number of benzene rings is 2. The Kier molecular flexibility index (Phi) is 5.20. The van der Waals surface area contributed by atoms with Crippen molar-refractivity contribution in [2.45, 2.75) is 41.6 Å². The summed E-state index contributed by atoms with van der Waals surface area (Å²) >= 11 is 0. The fraction of sp³-hybridized carbons (Fsp3) is 0.316. The maximum Gasteiger partial charge on any atom is 0.320 e. The number of nitrogens with zero attached hydrogens (tertiary/aromatic N) is 1. The van der Waals surface area contributed by atoms with Gasteiger partial charge in [0.25, 0.3) is 0 Å². The number of hydrogen-bond donors (Lipinski definition) is 1. The van der Waals surface area contributed by atoms with Crippen LogP contribution in [0.4, 0.5) is 0 Å². The third-order valence-electron chi connectivity index (χ3n) is 4.57. The number of aliphatic carboxylic acids is 1. The summed E-state index contributed by atoms with van der Waals surface area (Å²) in [5, 5.41) is 9.34. The number of hydrogen-bond acceptors (Lipinski definition) is 4. The molecule has 1 N–H and O–H groups in total. The molecule has 1 heterocycles. The smallest absolute Gasteiger partial charge is 0.320 e. The molecule has 1 aliphatic heterocycles. The van der Waals surface area contributed by atoms with Gasteiger partial charge in [0.1, 0.15) is 6.04 Å². The first kappa shape index (κ1) is 17.6. The van der Waals surface area contributed by atoms with E-state index in [0.29, 0.717) is 13.0 Å². The van der Waals surface area contributed by atoms with Gasteiger partial charge in [-0.05, 0) is 49.2 Å². The Labute approximate surface area is 147 Å². The van der Waals surface area contributed by atoms with Crippen LogP contribution in [0.2, 0.25) is 0 Å². The van der Waals surface area contributed by atoms with Gasteiger partial charge in [-0.25, -0.2) is 8.42 Å². The molecular formula is C19H21NO4S. The lowest BCUT2D eigenvalue weighted by Crippen LogP contribution is -2.43. The van der Waals surface area contributed by atoms with Crippen LogP contribution >= 0.6 is 0 Å². The molecule has 1 saturated heterocycles. The molecule has 5 nitrogen and oxygen atoms in total. The van der Waals surface area contributed by atoms with E-state index in [9.17, 15) is 18.3 Å². The summed E-state index contributed by atoms with van der Waals surface area (Å²) in [6.07, 6.45) is 2.59. The first-order chi connectivity index (χ1) is 12.0. The molecule has 0 aromatic heterocycles. The van der Waals surface area contributed by atoms with Gasteiger partial charge in [0.15, 0.2) is 0 Å². The molecule has 2 aromatic rings. The first-order valence-corrected chi connectivity index (χ1v) is 9.83. The highest BCUT2D eigenvalue weighted by Gasteiger charge is 2.28. The van der Waals surface area contributed by atoms with E-state index in [-0.39, 0.29) is 9.79 Å². The molecule has 3 rings (SSSR count). The summed E-state index contributed by atoms with van der Waals surface area (Å²) in [6.45, 7) is 1.27. The van der Waals surface area contributed by atoms with Crippen LogP contribution in [-0.2, 0) is 21.2 Å². The van der Waals surface area contributed by atoms with Crippen LogP contribution in [0.25, 0.3) is 0 Å². The Hall–Kier alpha value is -2.18. The number of sulfone groups is 1. The van der Waals surface area contributed by atoms with Gasteiger partial charge < -0.3 is 5.11 Å². The standard InChI is InChI=1S/C19H21NO4S/c21-19(22)18-8-4-5-13-20(18)14-15-9-11-17(12-10-15)25(23,24)16-6-2-1-3-7-16/h1-3,6-7,9-12,18H,4-5,8,13-14H2,(H,21,22). The average Bonchev–Trinajstić information content (AvgIpc) is 2.63. The first-order valence-electron chi connectivity index (χ1n) is 8.34. The SMILES string of the molecule is O=C(O)C1CCCCN1Cc1ccc(S(=O)(=O)c2ccccc2)cc1. The molecule has 25 heavy (non-hydrogen) atoms. The van der Waals surface area contributed by atoms with Crippen molar-refractivity contribution in [2.24, 2.45) is 0 Å². The van der Waals surface area contributed by atoms with E-state index in [0.717, 1.165) is 24.9 Å². The third-order valence-corrected chi connectivity index (χ3v) is 6.36. The molecule has 0 amide bonds. The highest BCUT2D eigenvalue weighted by molar-refractivity contribution is 7.91. The van der Waals surface area contributed by atoms with E-state index >= 15 is 0 Å². The van der Waals surface area contributed by atoms with Crippen LogP contribution < -0.4 is 0 Å². The van der Waals surface area contributed by atoms with E-state index in [1.165, 1.54) is 0 Å². The van der Waals surface area contributed by atoms with Crippen molar-refractivity contribution in [2.75, 3.05) is 6.54 Å². The van der Waals surface area contributed by atoms with Crippen LogP contribution in [0.15, 0.2) is 64.4 Å². The highest BCUT2D eigenvalue weighted by atomic mass is 32.2. The number of rotatable bonds is 5. The van der Waals surface area contributed by atoms with Gasteiger partial charge in [0.2, 0.25) is 9.84 Å². The van der Waals surface area contributed by atoms with Crippen LogP contribution in [0.5, 0.6) is 0 Å². The molecule has 0 radical (unpaired) electrons. The Bertz CT molecular complexity index is 831. The van der Waals surface area contributed by atoms with E-state index < -0.39 is 21.8 Å². The molecular weight excluding hydrogens is 338 g/mol. The zero-order chi connectivity index (χ0) is 17.9. The van der Waals surface area contributed by atoms with Gasteiger partial charge in [0, 0.05) is 6.54 Å². The van der Waals surface area contributed by atoms with Gasteiger partial charge in [0.05, 0.1) is 9.79 Å². The van der Waals surface area contributed by atoms with Crippen LogP contribution in [0.3, 0.4) is 0 Å². The molecule has 2 aromatic carbocycles. The Morgan fingerprint density at radius 2 is 1.64 bits per heavy atom. The van der Waals surface area contributed by atoms with Crippen molar-refractivity contribution >= 4 is 15.8 Å². The predicted molar refractivity (Wildman–Crippen MR) is 94.0 cm³/mol. The lowest BCUT2D eigenvalue weighted by molar-refractivity contribution is -0.144. The highest BCUT2D eigenvalue weighted by Crippen LogP contribution is 2.23. The molecule has 1 atom stereocenters. The van der Waals surface area contributed by atoms with E-state index in [1.807, 2.05) is 4.90 Å². The number of carboxylic acids is 1.